The van der Waals surface area contributed by atoms with Gasteiger partial charge < -0.3 is 19.9 Å². The summed E-state index contributed by atoms with van der Waals surface area (Å²) in [6, 6.07) is 14.4. The number of nitriles is 1. The van der Waals surface area contributed by atoms with Crippen molar-refractivity contribution in [1.82, 2.24) is 19.6 Å². The highest BCUT2D eigenvalue weighted by molar-refractivity contribution is 5.95. The van der Waals surface area contributed by atoms with Gasteiger partial charge in [-0.1, -0.05) is 12.1 Å². The lowest BCUT2D eigenvalue weighted by Gasteiger charge is -2.32. The number of benzene rings is 2. The fourth-order valence-electron chi connectivity index (χ4n) is 4.67. The van der Waals surface area contributed by atoms with Crippen LogP contribution < -0.4 is 10.6 Å². The molecule has 2 N–H and O–H groups in total. The highest BCUT2D eigenvalue weighted by Crippen LogP contribution is 2.30. The van der Waals surface area contributed by atoms with E-state index in [1.54, 1.807) is 12.3 Å². The molecule has 38 heavy (non-hydrogen) atoms. The molecule has 192 valence electrons. The number of likely N-dealkylation sites (tertiary alicyclic amines) is 1. The third-order valence-corrected chi connectivity index (χ3v) is 6.72. The van der Waals surface area contributed by atoms with Crippen molar-refractivity contribution in [1.29, 1.82) is 5.26 Å². The van der Waals surface area contributed by atoms with Crippen LogP contribution in [0.25, 0.3) is 5.65 Å². The number of pyridine rings is 1. The molecule has 3 amide bonds. The number of piperidine rings is 1. The Labute approximate surface area is 217 Å². The summed E-state index contributed by atoms with van der Waals surface area (Å²) in [5, 5.41) is 14.5. The van der Waals surface area contributed by atoms with E-state index in [0.29, 0.717) is 38.2 Å². The number of anilines is 1. The average Bonchev–Trinajstić information content (AvgIpc) is 3.40. The SMILES string of the molecule is N#Cc1cc(F)c(C(=O)N2CCC(c3ccc(NC(=O)NCc4ccn5ccnc5c4)cc3)CC2)c(F)c1. The van der Waals surface area contributed by atoms with Gasteiger partial charge in [-0.05, 0) is 66.3 Å². The molecule has 0 radical (unpaired) electrons. The number of imidazole rings is 1. The molecule has 2 aromatic heterocycles. The van der Waals surface area contributed by atoms with E-state index in [0.717, 1.165) is 28.9 Å². The van der Waals surface area contributed by atoms with Crippen molar-refractivity contribution in [3.63, 3.8) is 0 Å². The van der Waals surface area contributed by atoms with Crippen LogP contribution >= 0.6 is 0 Å². The summed E-state index contributed by atoms with van der Waals surface area (Å²) in [6.45, 7) is 1.07. The standard InChI is InChI=1S/C28H24F2N6O2/c29-23-13-19(16-31)14-24(30)26(23)27(37)36-10-6-21(7-11-36)20-1-3-22(4-2-20)34-28(38)33-17-18-5-9-35-12-8-32-25(35)15-18/h1-5,8-9,12-15,21H,6-7,10-11,17H2,(H2,33,34,38). The molecule has 4 aromatic rings. The van der Waals surface area contributed by atoms with Gasteiger partial charge in [-0.2, -0.15) is 5.26 Å². The van der Waals surface area contributed by atoms with Gasteiger partial charge in [-0.15, -0.1) is 0 Å². The van der Waals surface area contributed by atoms with Crippen molar-refractivity contribution in [3.8, 4) is 6.07 Å². The second-order valence-corrected chi connectivity index (χ2v) is 9.15. The van der Waals surface area contributed by atoms with Gasteiger partial charge in [0.2, 0.25) is 0 Å². The quantitative estimate of drug-likeness (QED) is 0.398. The summed E-state index contributed by atoms with van der Waals surface area (Å²) in [7, 11) is 0. The lowest BCUT2D eigenvalue weighted by Crippen LogP contribution is -2.38. The number of amides is 3. The first-order valence-corrected chi connectivity index (χ1v) is 12.2. The monoisotopic (exact) mass is 514 g/mol. The molecule has 0 unspecified atom stereocenters. The van der Waals surface area contributed by atoms with Crippen molar-refractivity contribution in [2.24, 2.45) is 0 Å². The number of hydrogen-bond donors (Lipinski definition) is 2. The van der Waals surface area contributed by atoms with E-state index >= 15 is 0 Å². The normalized spacial score (nSPS) is 13.8. The fraction of sp³-hybridized carbons (Fsp3) is 0.214. The van der Waals surface area contributed by atoms with Crippen molar-refractivity contribution in [3.05, 3.63) is 101 Å². The molecule has 5 rings (SSSR count). The molecule has 0 bridgehead atoms. The molecule has 1 saturated heterocycles. The van der Waals surface area contributed by atoms with Crippen LogP contribution in [0.15, 0.2) is 67.1 Å². The Balaban J connectivity index is 1.13. The Kier molecular flexibility index (Phi) is 7.00. The maximum atomic E-state index is 14.3. The van der Waals surface area contributed by atoms with Gasteiger partial charge in [0.05, 0.1) is 11.6 Å². The zero-order valence-electron chi connectivity index (χ0n) is 20.3. The number of urea groups is 1. The predicted octanol–water partition coefficient (Wildman–Crippen LogP) is 4.83. The first-order valence-electron chi connectivity index (χ1n) is 12.2. The number of nitrogens with zero attached hydrogens (tertiary/aromatic N) is 4. The number of hydrogen-bond acceptors (Lipinski definition) is 4. The number of halogens is 2. The van der Waals surface area contributed by atoms with Crippen molar-refractivity contribution < 1.29 is 18.4 Å². The van der Waals surface area contributed by atoms with Gasteiger partial charge in [0.15, 0.2) is 0 Å². The van der Waals surface area contributed by atoms with Crippen LogP contribution in [-0.2, 0) is 6.54 Å². The minimum atomic E-state index is -1.03. The third-order valence-electron chi connectivity index (χ3n) is 6.72. The largest absolute Gasteiger partial charge is 0.338 e. The van der Waals surface area contributed by atoms with Gasteiger partial charge in [-0.25, -0.2) is 18.6 Å². The topological polar surface area (TPSA) is 103 Å². The molecule has 1 aliphatic heterocycles. The third kappa shape index (κ3) is 5.32. The molecular weight excluding hydrogens is 490 g/mol. The molecule has 10 heteroatoms. The highest BCUT2D eigenvalue weighted by Gasteiger charge is 2.28. The minimum absolute atomic E-state index is 0.169. The van der Waals surface area contributed by atoms with E-state index in [9.17, 15) is 18.4 Å². The lowest BCUT2D eigenvalue weighted by molar-refractivity contribution is 0.0703. The Morgan fingerprint density at radius 2 is 1.74 bits per heavy atom. The van der Waals surface area contributed by atoms with Crippen LogP contribution in [0.2, 0.25) is 0 Å². The van der Waals surface area contributed by atoms with E-state index in [-0.39, 0.29) is 17.5 Å². The van der Waals surface area contributed by atoms with Gasteiger partial charge in [0.1, 0.15) is 22.8 Å². The summed E-state index contributed by atoms with van der Waals surface area (Å²) >= 11 is 0. The Morgan fingerprint density at radius 3 is 2.42 bits per heavy atom. The number of carbonyl (C=O) groups excluding carboxylic acids is 2. The van der Waals surface area contributed by atoms with Crippen LogP contribution in [0.1, 0.15) is 45.8 Å². The molecule has 1 fully saturated rings. The Bertz CT molecular complexity index is 1510. The van der Waals surface area contributed by atoms with Crippen LogP contribution in [-0.4, -0.2) is 39.3 Å². The van der Waals surface area contributed by atoms with Crippen LogP contribution in [0.5, 0.6) is 0 Å². The predicted molar refractivity (Wildman–Crippen MR) is 136 cm³/mol. The first kappa shape index (κ1) is 24.9. The van der Waals surface area contributed by atoms with Crippen molar-refractivity contribution >= 4 is 23.3 Å². The summed E-state index contributed by atoms with van der Waals surface area (Å²) in [4.78, 5) is 30.7. The smallest absolute Gasteiger partial charge is 0.319 e. The fourth-order valence-corrected chi connectivity index (χ4v) is 4.67. The molecule has 0 saturated carbocycles. The van der Waals surface area contributed by atoms with E-state index in [1.165, 1.54) is 4.90 Å². The highest BCUT2D eigenvalue weighted by atomic mass is 19.1. The van der Waals surface area contributed by atoms with Crippen LogP contribution in [0, 0.1) is 23.0 Å². The maximum Gasteiger partial charge on any atom is 0.319 e. The van der Waals surface area contributed by atoms with Crippen molar-refractivity contribution in [2.75, 3.05) is 18.4 Å². The van der Waals surface area contributed by atoms with E-state index < -0.39 is 23.1 Å². The van der Waals surface area contributed by atoms with E-state index in [4.69, 9.17) is 5.26 Å². The summed E-state index contributed by atoms with van der Waals surface area (Å²) in [6.07, 6.45) is 6.73. The molecular formula is C28H24F2N6O2. The molecule has 0 atom stereocenters. The molecule has 8 nitrogen and oxygen atoms in total. The number of carbonyl (C=O) groups is 2. The number of fused-ring (bicyclic) bond motifs is 1. The molecule has 1 aliphatic rings. The van der Waals surface area contributed by atoms with E-state index in [1.807, 2.05) is 53.2 Å². The summed E-state index contributed by atoms with van der Waals surface area (Å²) in [5.74, 6) is -2.59. The van der Waals surface area contributed by atoms with Crippen LogP contribution in [0.4, 0.5) is 19.3 Å². The van der Waals surface area contributed by atoms with E-state index in [2.05, 4.69) is 15.6 Å². The molecule has 0 spiro atoms. The zero-order valence-corrected chi connectivity index (χ0v) is 20.3. The van der Waals surface area contributed by atoms with Gasteiger partial charge >= 0.3 is 6.03 Å². The first-order chi connectivity index (χ1) is 18.4. The molecule has 3 heterocycles. The second kappa shape index (κ2) is 10.7. The van der Waals surface area contributed by atoms with Gasteiger partial charge in [-0.3, -0.25) is 4.79 Å². The molecule has 0 aliphatic carbocycles. The Morgan fingerprint density at radius 1 is 1.03 bits per heavy atom. The number of nitrogens with one attached hydrogen (secondary N) is 2. The van der Waals surface area contributed by atoms with Gasteiger partial charge in [0, 0.05) is 43.9 Å². The number of rotatable bonds is 5. The van der Waals surface area contributed by atoms with Crippen LogP contribution in [0.3, 0.4) is 0 Å². The lowest BCUT2D eigenvalue weighted by atomic mass is 9.89. The summed E-state index contributed by atoms with van der Waals surface area (Å²) in [5.41, 5.74) is 2.66. The maximum absolute atomic E-state index is 14.3. The summed E-state index contributed by atoms with van der Waals surface area (Å²) < 4.78 is 30.4. The Hall–Kier alpha value is -4.78. The second-order valence-electron chi connectivity index (χ2n) is 9.15. The average molecular weight is 515 g/mol. The minimum Gasteiger partial charge on any atom is -0.338 e. The van der Waals surface area contributed by atoms with Gasteiger partial charge in [0.25, 0.3) is 5.91 Å². The zero-order chi connectivity index (χ0) is 26.6. The van der Waals surface area contributed by atoms with Crippen molar-refractivity contribution in [2.45, 2.75) is 25.3 Å². The number of aromatic nitrogens is 2. The molecule has 2 aromatic carbocycles.